The van der Waals surface area contributed by atoms with Crippen molar-refractivity contribution in [2.45, 2.75) is 38.8 Å². The van der Waals surface area contributed by atoms with E-state index in [2.05, 4.69) is 11.8 Å². The molecule has 3 nitrogen and oxygen atoms in total. The Labute approximate surface area is 120 Å². The molecule has 20 heavy (non-hydrogen) atoms. The Morgan fingerprint density at radius 2 is 2.10 bits per heavy atom. The molecular formula is C16H25FN2O. The van der Waals surface area contributed by atoms with Gasteiger partial charge in [0.1, 0.15) is 5.82 Å². The first-order valence-electron chi connectivity index (χ1n) is 7.35. The van der Waals surface area contributed by atoms with E-state index in [1.54, 1.807) is 13.2 Å². The molecule has 0 saturated heterocycles. The van der Waals surface area contributed by atoms with Gasteiger partial charge in [0.15, 0.2) is 0 Å². The van der Waals surface area contributed by atoms with Crippen LogP contribution < -0.4 is 10.6 Å². The lowest BCUT2D eigenvalue weighted by Gasteiger charge is -2.34. The molecule has 1 saturated carbocycles. The summed E-state index contributed by atoms with van der Waals surface area (Å²) >= 11 is 0. The lowest BCUT2D eigenvalue weighted by Crippen LogP contribution is -2.39. The number of rotatable bonds is 7. The SMILES string of the molecule is COCCN(c1c(F)cccc1C(C)N)C(C)C1CC1. The van der Waals surface area contributed by atoms with Crippen LogP contribution in [-0.2, 0) is 4.74 Å². The van der Waals surface area contributed by atoms with E-state index in [1.807, 2.05) is 13.0 Å². The lowest BCUT2D eigenvalue weighted by atomic mass is 10.0. The minimum atomic E-state index is -0.191. The summed E-state index contributed by atoms with van der Waals surface area (Å²) in [4.78, 5) is 2.13. The summed E-state index contributed by atoms with van der Waals surface area (Å²) < 4.78 is 19.6. The van der Waals surface area contributed by atoms with Crippen LogP contribution in [0.4, 0.5) is 10.1 Å². The molecule has 2 unspecified atom stereocenters. The smallest absolute Gasteiger partial charge is 0.146 e. The van der Waals surface area contributed by atoms with E-state index >= 15 is 0 Å². The normalized spacial score (nSPS) is 17.9. The fraction of sp³-hybridized carbons (Fsp3) is 0.625. The third kappa shape index (κ3) is 3.30. The number of hydrogen-bond acceptors (Lipinski definition) is 3. The molecule has 0 spiro atoms. The largest absolute Gasteiger partial charge is 0.383 e. The minimum absolute atomic E-state index is 0.183. The molecule has 112 valence electrons. The Morgan fingerprint density at radius 1 is 1.40 bits per heavy atom. The molecule has 2 rings (SSSR count). The monoisotopic (exact) mass is 280 g/mol. The van der Waals surface area contributed by atoms with Gasteiger partial charge in [-0.3, -0.25) is 0 Å². The fourth-order valence-corrected chi connectivity index (χ4v) is 2.74. The molecule has 1 aromatic rings. The van der Waals surface area contributed by atoms with Crippen molar-refractivity contribution >= 4 is 5.69 Å². The molecule has 1 fully saturated rings. The molecule has 2 atom stereocenters. The van der Waals surface area contributed by atoms with Crippen LogP contribution in [0.5, 0.6) is 0 Å². The third-order valence-electron chi connectivity index (χ3n) is 4.13. The highest BCUT2D eigenvalue weighted by Crippen LogP contribution is 2.39. The van der Waals surface area contributed by atoms with Crippen molar-refractivity contribution in [3.05, 3.63) is 29.6 Å². The van der Waals surface area contributed by atoms with E-state index in [0.29, 0.717) is 30.8 Å². The van der Waals surface area contributed by atoms with Gasteiger partial charge in [0, 0.05) is 25.7 Å². The van der Waals surface area contributed by atoms with Gasteiger partial charge in [-0.05, 0) is 44.2 Å². The Hall–Kier alpha value is -1.13. The van der Waals surface area contributed by atoms with Crippen molar-refractivity contribution in [3.63, 3.8) is 0 Å². The standard InChI is InChI=1S/C16H25FN2O/c1-11(18)14-5-4-6-15(17)16(14)19(9-10-20-3)12(2)13-7-8-13/h4-6,11-13H,7-10,18H2,1-3H3. The number of benzene rings is 1. The predicted octanol–water partition coefficient (Wildman–Crippen LogP) is 3.10. The average molecular weight is 280 g/mol. The van der Waals surface area contributed by atoms with Gasteiger partial charge in [0.05, 0.1) is 12.3 Å². The number of hydrogen-bond donors (Lipinski definition) is 1. The highest BCUT2D eigenvalue weighted by Gasteiger charge is 2.34. The Bertz CT molecular complexity index is 446. The molecular weight excluding hydrogens is 255 g/mol. The van der Waals surface area contributed by atoms with Crippen LogP contribution in [0.2, 0.25) is 0 Å². The zero-order valence-electron chi connectivity index (χ0n) is 12.6. The molecule has 4 heteroatoms. The maximum absolute atomic E-state index is 14.4. The number of nitrogens with zero attached hydrogens (tertiary/aromatic N) is 1. The van der Waals surface area contributed by atoms with Gasteiger partial charge in [0.25, 0.3) is 0 Å². The number of nitrogens with two attached hydrogens (primary N) is 1. The lowest BCUT2D eigenvalue weighted by molar-refractivity contribution is 0.202. The second-order valence-corrected chi connectivity index (χ2v) is 5.73. The van der Waals surface area contributed by atoms with E-state index in [0.717, 1.165) is 5.56 Å². The van der Waals surface area contributed by atoms with Crippen molar-refractivity contribution in [2.75, 3.05) is 25.2 Å². The maximum Gasteiger partial charge on any atom is 0.146 e. The summed E-state index contributed by atoms with van der Waals surface area (Å²) in [5, 5.41) is 0. The minimum Gasteiger partial charge on any atom is -0.383 e. The van der Waals surface area contributed by atoms with Crippen LogP contribution in [0.15, 0.2) is 18.2 Å². The molecule has 1 aliphatic rings. The van der Waals surface area contributed by atoms with E-state index in [-0.39, 0.29) is 11.9 Å². The number of halogens is 1. The first-order valence-corrected chi connectivity index (χ1v) is 7.35. The zero-order valence-corrected chi connectivity index (χ0v) is 12.6. The summed E-state index contributed by atoms with van der Waals surface area (Å²) in [7, 11) is 1.67. The second kappa shape index (κ2) is 6.55. The van der Waals surface area contributed by atoms with Gasteiger partial charge >= 0.3 is 0 Å². The summed E-state index contributed by atoms with van der Waals surface area (Å²) in [6, 6.07) is 5.30. The van der Waals surface area contributed by atoms with Gasteiger partial charge in [-0.15, -0.1) is 0 Å². The first kappa shape index (κ1) is 15.3. The molecule has 0 bridgehead atoms. The van der Waals surface area contributed by atoms with Crippen molar-refractivity contribution in [3.8, 4) is 0 Å². The van der Waals surface area contributed by atoms with Gasteiger partial charge in [0.2, 0.25) is 0 Å². The highest BCUT2D eigenvalue weighted by molar-refractivity contribution is 5.57. The Kier molecular flexibility index (Phi) is 5.00. The summed E-state index contributed by atoms with van der Waals surface area (Å²) in [5.41, 5.74) is 7.54. The summed E-state index contributed by atoms with van der Waals surface area (Å²) in [6.45, 7) is 5.35. The topological polar surface area (TPSA) is 38.5 Å². The molecule has 1 aromatic carbocycles. The quantitative estimate of drug-likeness (QED) is 0.834. The van der Waals surface area contributed by atoms with Gasteiger partial charge < -0.3 is 15.4 Å². The Morgan fingerprint density at radius 3 is 2.65 bits per heavy atom. The van der Waals surface area contributed by atoms with Crippen molar-refractivity contribution < 1.29 is 9.13 Å². The Balaban J connectivity index is 2.35. The molecule has 1 aliphatic carbocycles. The number of ether oxygens (including phenoxy) is 1. The second-order valence-electron chi connectivity index (χ2n) is 5.73. The van der Waals surface area contributed by atoms with Crippen LogP contribution >= 0.6 is 0 Å². The first-order chi connectivity index (χ1) is 9.56. The van der Waals surface area contributed by atoms with Gasteiger partial charge in [-0.25, -0.2) is 4.39 Å². The summed E-state index contributed by atoms with van der Waals surface area (Å²) in [6.07, 6.45) is 2.46. The van der Waals surface area contributed by atoms with Gasteiger partial charge in [-0.1, -0.05) is 12.1 Å². The molecule has 0 amide bonds. The summed E-state index contributed by atoms with van der Waals surface area (Å²) in [5.74, 6) is 0.468. The number of anilines is 1. The van der Waals surface area contributed by atoms with Gasteiger partial charge in [-0.2, -0.15) is 0 Å². The molecule has 0 radical (unpaired) electrons. The van der Waals surface area contributed by atoms with E-state index in [9.17, 15) is 4.39 Å². The van der Waals surface area contributed by atoms with Crippen molar-refractivity contribution in [1.29, 1.82) is 0 Å². The fourth-order valence-electron chi connectivity index (χ4n) is 2.74. The number of methoxy groups -OCH3 is 1. The van der Waals surface area contributed by atoms with Crippen LogP contribution in [-0.4, -0.2) is 26.3 Å². The van der Waals surface area contributed by atoms with Crippen LogP contribution in [0.25, 0.3) is 0 Å². The van der Waals surface area contributed by atoms with Crippen LogP contribution in [0, 0.1) is 11.7 Å². The molecule has 0 heterocycles. The van der Waals surface area contributed by atoms with E-state index in [1.165, 1.54) is 18.9 Å². The number of para-hydroxylation sites is 1. The van der Waals surface area contributed by atoms with Crippen molar-refractivity contribution in [1.82, 2.24) is 0 Å². The predicted molar refractivity (Wildman–Crippen MR) is 80.4 cm³/mol. The molecule has 0 aromatic heterocycles. The molecule has 2 N–H and O–H groups in total. The zero-order chi connectivity index (χ0) is 14.7. The average Bonchev–Trinajstić information content (AvgIpc) is 3.24. The highest BCUT2D eigenvalue weighted by atomic mass is 19.1. The third-order valence-corrected chi connectivity index (χ3v) is 4.13. The van der Waals surface area contributed by atoms with Crippen LogP contribution in [0.3, 0.4) is 0 Å². The molecule has 0 aliphatic heterocycles. The van der Waals surface area contributed by atoms with E-state index < -0.39 is 0 Å². The van der Waals surface area contributed by atoms with Crippen LogP contribution in [0.1, 0.15) is 38.3 Å². The van der Waals surface area contributed by atoms with E-state index in [4.69, 9.17) is 10.5 Å². The maximum atomic E-state index is 14.4. The van der Waals surface area contributed by atoms with Crippen molar-refractivity contribution in [2.24, 2.45) is 11.7 Å².